The number of aromatic nitrogens is 4. The number of hydrogen-bond donors (Lipinski definition) is 1. The summed E-state index contributed by atoms with van der Waals surface area (Å²) in [5.41, 5.74) is 7.80. The molecule has 0 radical (unpaired) electrons. The van der Waals surface area contributed by atoms with Crippen LogP contribution < -0.4 is 5.73 Å². The lowest BCUT2D eigenvalue weighted by Gasteiger charge is -2.03. The van der Waals surface area contributed by atoms with Gasteiger partial charge in [0.1, 0.15) is 5.82 Å². The Labute approximate surface area is 82.1 Å². The van der Waals surface area contributed by atoms with Crippen LogP contribution in [0.4, 0.5) is 5.82 Å². The molecule has 2 N–H and O–H groups in total. The fourth-order valence-electron chi connectivity index (χ4n) is 1.40. The summed E-state index contributed by atoms with van der Waals surface area (Å²) in [6.45, 7) is 2.59. The first-order valence-electron chi connectivity index (χ1n) is 4.43. The van der Waals surface area contributed by atoms with Crippen LogP contribution in [-0.2, 0) is 13.6 Å². The Kier molecular flexibility index (Phi) is 1.99. The van der Waals surface area contributed by atoms with E-state index in [2.05, 4.69) is 10.2 Å². The molecule has 5 nitrogen and oxygen atoms in total. The van der Waals surface area contributed by atoms with Gasteiger partial charge in [0.25, 0.3) is 0 Å². The van der Waals surface area contributed by atoms with Crippen LogP contribution >= 0.6 is 0 Å². The van der Waals surface area contributed by atoms with Gasteiger partial charge in [0.2, 0.25) is 0 Å². The lowest BCUT2D eigenvalue weighted by molar-refractivity contribution is 0.622. The van der Waals surface area contributed by atoms with E-state index in [0.717, 1.165) is 11.4 Å². The number of aryl methyl sites for hydroxylation is 2. The summed E-state index contributed by atoms with van der Waals surface area (Å²) in [7, 11) is 1.90. The van der Waals surface area contributed by atoms with Gasteiger partial charge in [-0.1, -0.05) is 0 Å². The van der Waals surface area contributed by atoms with Gasteiger partial charge in [0, 0.05) is 19.3 Å². The summed E-state index contributed by atoms with van der Waals surface area (Å²) < 4.78 is 3.59. The monoisotopic (exact) mass is 191 g/mol. The van der Waals surface area contributed by atoms with Gasteiger partial charge in [0.05, 0.1) is 17.9 Å². The van der Waals surface area contributed by atoms with Crippen molar-refractivity contribution in [3.8, 4) is 0 Å². The molecule has 0 bridgehead atoms. The maximum atomic E-state index is 5.78. The Morgan fingerprint density at radius 2 is 2.29 bits per heavy atom. The summed E-state index contributed by atoms with van der Waals surface area (Å²) in [6, 6.07) is 3.81. The molecule has 0 aliphatic carbocycles. The van der Waals surface area contributed by atoms with Crippen LogP contribution in [0.15, 0.2) is 18.3 Å². The third-order valence-corrected chi connectivity index (χ3v) is 2.17. The van der Waals surface area contributed by atoms with Crippen molar-refractivity contribution in [3.05, 3.63) is 29.7 Å². The predicted octanol–water partition coefficient (Wildman–Crippen LogP) is 0.556. The maximum absolute atomic E-state index is 5.78. The number of anilines is 1. The molecule has 0 saturated carbocycles. The lowest BCUT2D eigenvalue weighted by Crippen LogP contribution is -2.09. The van der Waals surface area contributed by atoms with Gasteiger partial charge in [-0.25, -0.2) is 4.68 Å². The third-order valence-electron chi connectivity index (χ3n) is 2.17. The zero-order valence-electron chi connectivity index (χ0n) is 8.31. The van der Waals surface area contributed by atoms with Gasteiger partial charge >= 0.3 is 0 Å². The van der Waals surface area contributed by atoms with Gasteiger partial charge in [-0.3, -0.25) is 4.68 Å². The molecule has 0 atom stereocenters. The van der Waals surface area contributed by atoms with Crippen molar-refractivity contribution in [2.24, 2.45) is 7.05 Å². The van der Waals surface area contributed by atoms with Crippen LogP contribution in [0, 0.1) is 6.92 Å². The SMILES string of the molecule is Cc1cc(N)n(Cc2ccnn2C)n1. The molecule has 2 heterocycles. The zero-order chi connectivity index (χ0) is 10.1. The fourth-order valence-corrected chi connectivity index (χ4v) is 1.40. The number of nitrogens with two attached hydrogens (primary N) is 1. The third kappa shape index (κ3) is 1.48. The van der Waals surface area contributed by atoms with Crippen molar-refractivity contribution in [1.82, 2.24) is 19.6 Å². The smallest absolute Gasteiger partial charge is 0.122 e. The molecule has 0 amide bonds. The quantitative estimate of drug-likeness (QED) is 0.754. The van der Waals surface area contributed by atoms with Crippen molar-refractivity contribution >= 4 is 5.82 Å². The molecule has 0 aliphatic rings. The standard InChI is InChI=1S/C9H13N5/c1-7-5-9(10)14(12-7)6-8-3-4-11-13(8)2/h3-5H,6,10H2,1-2H3. The molecule has 5 heteroatoms. The van der Waals surface area contributed by atoms with E-state index in [-0.39, 0.29) is 0 Å². The van der Waals surface area contributed by atoms with E-state index in [0.29, 0.717) is 12.4 Å². The summed E-state index contributed by atoms with van der Waals surface area (Å²) in [4.78, 5) is 0. The Morgan fingerprint density at radius 3 is 2.79 bits per heavy atom. The second-order valence-electron chi connectivity index (χ2n) is 3.31. The van der Waals surface area contributed by atoms with Gasteiger partial charge in [0.15, 0.2) is 0 Å². The largest absolute Gasteiger partial charge is 0.384 e. The van der Waals surface area contributed by atoms with Crippen molar-refractivity contribution < 1.29 is 0 Å². The minimum absolute atomic E-state index is 0.663. The Hall–Kier alpha value is -1.78. The van der Waals surface area contributed by atoms with E-state index >= 15 is 0 Å². The molecule has 0 fully saturated rings. The van der Waals surface area contributed by atoms with Crippen molar-refractivity contribution in [1.29, 1.82) is 0 Å². The Morgan fingerprint density at radius 1 is 1.50 bits per heavy atom. The maximum Gasteiger partial charge on any atom is 0.122 e. The molecule has 2 rings (SSSR count). The first-order valence-corrected chi connectivity index (χ1v) is 4.43. The highest BCUT2D eigenvalue weighted by atomic mass is 15.3. The van der Waals surface area contributed by atoms with E-state index in [1.165, 1.54) is 0 Å². The average molecular weight is 191 g/mol. The first-order chi connectivity index (χ1) is 6.66. The molecule has 0 aliphatic heterocycles. The van der Waals surface area contributed by atoms with E-state index in [9.17, 15) is 0 Å². The molecule has 0 aromatic carbocycles. The summed E-state index contributed by atoms with van der Waals surface area (Å²) in [6.07, 6.45) is 1.77. The van der Waals surface area contributed by atoms with Crippen molar-refractivity contribution in [2.45, 2.75) is 13.5 Å². The van der Waals surface area contributed by atoms with Gasteiger partial charge in [-0.15, -0.1) is 0 Å². The van der Waals surface area contributed by atoms with Crippen LogP contribution in [0.3, 0.4) is 0 Å². The molecule has 74 valence electrons. The summed E-state index contributed by atoms with van der Waals surface area (Å²) >= 11 is 0. The van der Waals surface area contributed by atoms with E-state index in [1.54, 1.807) is 10.9 Å². The topological polar surface area (TPSA) is 61.7 Å². The summed E-state index contributed by atoms with van der Waals surface area (Å²) in [5, 5.41) is 8.36. The van der Waals surface area contributed by atoms with E-state index in [1.807, 2.05) is 30.8 Å². The van der Waals surface area contributed by atoms with Crippen LogP contribution in [0.5, 0.6) is 0 Å². The Bertz CT molecular complexity index is 440. The van der Waals surface area contributed by atoms with Crippen LogP contribution in [0.25, 0.3) is 0 Å². The van der Waals surface area contributed by atoms with Crippen molar-refractivity contribution in [3.63, 3.8) is 0 Å². The zero-order valence-corrected chi connectivity index (χ0v) is 8.31. The molecule has 0 unspecified atom stereocenters. The minimum Gasteiger partial charge on any atom is -0.384 e. The molecular formula is C9H13N5. The van der Waals surface area contributed by atoms with E-state index < -0.39 is 0 Å². The highest BCUT2D eigenvalue weighted by Crippen LogP contribution is 2.08. The lowest BCUT2D eigenvalue weighted by atomic mass is 10.4. The number of rotatable bonds is 2. The predicted molar refractivity (Wildman–Crippen MR) is 53.7 cm³/mol. The number of nitrogen functional groups attached to an aromatic ring is 1. The molecule has 2 aromatic rings. The van der Waals surface area contributed by atoms with Crippen molar-refractivity contribution in [2.75, 3.05) is 5.73 Å². The number of nitrogens with zero attached hydrogens (tertiary/aromatic N) is 4. The second kappa shape index (κ2) is 3.17. The highest BCUT2D eigenvalue weighted by molar-refractivity contribution is 5.30. The fraction of sp³-hybridized carbons (Fsp3) is 0.333. The molecule has 14 heavy (non-hydrogen) atoms. The molecule has 0 saturated heterocycles. The van der Waals surface area contributed by atoms with Gasteiger partial charge in [-0.2, -0.15) is 10.2 Å². The molecular weight excluding hydrogens is 178 g/mol. The normalized spacial score (nSPS) is 10.7. The first kappa shape index (κ1) is 8.80. The van der Waals surface area contributed by atoms with Crippen LogP contribution in [0.1, 0.15) is 11.4 Å². The molecule has 2 aromatic heterocycles. The van der Waals surface area contributed by atoms with Gasteiger partial charge < -0.3 is 5.73 Å². The van der Waals surface area contributed by atoms with E-state index in [4.69, 9.17) is 5.73 Å². The Balaban J connectivity index is 2.27. The molecule has 0 spiro atoms. The van der Waals surface area contributed by atoms with Crippen LogP contribution in [0.2, 0.25) is 0 Å². The minimum atomic E-state index is 0.663. The average Bonchev–Trinajstić information content (AvgIpc) is 2.62. The van der Waals surface area contributed by atoms with Crippen LogP contribution in [-0.4, -0.2) is 19.6 Å². The highest BCUT2D eigenvalue weighted by Gasteiger charge is 2.04. The van der Waals surface area contributed by atoms with Gasteiger partial charge in [-0.05, 0) is 13.0 Å². The summed E-state index contributed by atoms with van der Waals surface area (Å²) in [5.74, 6) is 0.684. The number of hydrogen-bond acceptors (Lipinski definition) is 3. The second-order valence-corrected chi connectivity index (χ2v) is 3.31.